The van der Waals surface area contributed by atoms with Gasteiger partial charge in [-0.3, -0.25) is 9.20 Å². The zero-order valence-electron chi connectivity index (χ0n) is 12.8. The minimum Gasteiger partial charge on any atom is -0.340 e. The number of rotatable bonds is 4. The first-order valence-corrected chi connectivity index (χ1v) is 8.65. The maximum Gasteiger partial charge on any atom is 0.232 e. The summed E-state index contributed by atoms with van der Waals surface area (Å²) in [5, 5.41) is 8.40. The fourth-order valence-electron chi connectivity index (χ4n) is 2.75. The van der Waals surface area contributed by atoms with E-state index in [0.29, 0.717) is 18.8 Å². The van der Waals surface area contributed by atoms with Crippen LogP contribution >= 0.6 is 11.8 Å². The number of pyridine rings is 1. The third-order valence-corrected chi connectivity index (χ3v) is 5.11. The van der Waals surface area contributed by atoms with Gasteiger partial charge < -0.3 is 4.90 Å². The second kappa shape index (κ2) is 6.24. The Morgan fingerprint density at radius 3 is 2.75 bits per heavy atom. The van der Waals surface area contributed by atoms with Crippen molar-refractivity contribution in [2.45, 2.75) is 10.8 Å². The van der Waals surface area contributed by atoms with Crippen LogP contribution in [0.4, 0.5) is 4.39 Å². The Morgan fingerprint density at radius 1 is 1.17 bits per heavy atom. The number of hydrogen-bond donors (Lipinski definition) is 0. The molecule has 3 aromatic rings. The lowest BCUT2D eigenvalue weighted by molar-refractivity contribution is -0.132. The highest BCUT2D eigenvalue weighted by Crippen LogP contribution is 2.27. The van der Waals surface area contributed by atoms with Crippen LogP contribution in [0.3, 0.4) is 0 Å². The number of hydrogen-bond acceptors (Lipinski definition) is 4. The molecule has 0 bridgehead atoms. The van der Waals surface area contributed by atoms with Gasteiger partial charge in [-0.25, -0.2) is 4.39 Å². The Balaban J connectivity index is 1.33. The van der Waals surface area contributed by atoms with Crippen LogP contribution in [0.2, 0.25) is 0 Å². The van der Waals surface area contributed by atoms with E-state index in [1.807, 2.05) is 33.7 Å². The summed E-state index contributed by atoms with van der Waals surface area (Å²) in [6, 6.07) is 12.0. The van der Waals surface area contributed by atoms with E-state index in [1.54, 1.807) is 12.1 Å². The average Bonchev–Trinajstić information content (AvgIpc) is 2.97. The highest BCUT2D eigenvalue weighted by molar-refractivity contribution is 8.00. The molecule has 1 aromatic carbocycles. The average molecular weight is 342 g/mol. The number of carbonyl (C=O) groups excluding carboxylic acids is 1. The number of nitrogens with zero attached hydrogens (tertiary/aromatic N) is 4. The largest absolute Gasteiger partial charge is 0.340 e. The molecular formula is C17H15FN4OS. The molecule has 1 aliphatic rings. The van der Waals surface area contributed by atoms with Crippen molar-refractivity contribution >= 4 is 23.3 Å². The Kier molecular flexibility index (Phi) is 3.93. The van der Waals surface area contributed by atoms with Crippen LogP contribution in [0.15, 0.2) is 53.6 Å². The Bertz CT molecular complexity index is 874. The van der Waals surface area contributed by atoms with E-state index in [9.17, 15) is 9.18 Å². The molecule has 0 saturated carbocycles. The molecule has 7 heteroatoms. The predicted molar refractivity (Wildman–Crippen MR) is 89.4 cm³/mol. The molecular weight excluding hydrogens is 327 g/mol. The zero-order chi connectivity index (χ0) is 16.5. The van der Waals surface area contributed by atoms with Gasteiger partial charge in [-0.2, -0.15) is 0 Å². The fraction of sp³-hybridized carbons (Fsp3) is 0.235. The van der Waals surface area contributed by atoms with Gasteiger partial charge in [0.25, 0.3) is 0 Å². The molecule has 4 rings (SSSR count). The van der Waals surface area contributed by atoms with Crippen LogP contribution in [-0.2, 0) is 4.79 Å². The number of aromatic nitrogens is 3. The lowest BCUT2D eigenvalue weighted by atomic mass is 9.99. The van der Waals surface area contributed by atoms with Crippen molar-refractivity contribution in [1.82, 2.24) is 19.5 Å². The van der Waals surface area contributed by atoms with Gasteiger partial charge >= 0.3 is 0 Å². The van der Waals surface area contributed by atoms with Gasteiger partial charge in [0, 0.05) is 24.2 Å². The van der Waals surface area contributed by atoms with Gasteiger partial charge in [0.15, 0.2) is 5.65 Å². The number of benzene rings is 1. The van der Waals surface area contributed by atoms with Gasteiger partial charge in [0.2, 0.25) is 5.91 Å². The van der Waals surface area contributed by atoms with Crippen LogP contribution < -0.4 is 0 Å². The highest BCUT2D eigenvalue weighted by atomic mass is 32.2. The monoisotopic (exact) mass is 342 g/mol. The molecule has 0 unspecified atom stereocenters. The fourth-order valence-corrected chi connectivity index (χ4v) is 3.55. The van der Waals surface area contributed by atoms with Gasteiger partial charge in [0.05, 0.1) is 11.7 Å². The quantitative estimate of drug-likeness (QED) is 0.684. The van der Waals surface area contributed by atoms with Gasteiger partial charge in [-0.15, -0.1) is 22.0 Å². The predicted octanol–water partition coefficient (Wildman–Crippen LogP) is 2.59. The summed E-state index contributed by atoms with van der Waals surface area (Å²) < 4.78 is 14.8. The van der Waals surface area contributed by atoms with Crippen molar-refractivity contribution < 1.29 is 9.18 Å². The third kappa shape index (κ3) is 2.87. The molecule has 0 N–H and O–H groups in total. The van der Waals surface area contributed by atoms with E-state index in [1.165, 1.54) is 23.9 Å². The summed E-state index contributed by atoms with van der Waals surface area (Å²) in [6.07, 6.45) is 1.94. The van der Waals surface area contributed by atoms with Crippen molar-refractivity contribution in [3.8, 4) is 0 Å². The molecule has 24 heavy (non-hydrogen) atoms. The Morgan fingerprint density at radius 2 is 1.96 bits per heavy atom. The van der Waals surface area contributed by atoms with Gasteiger partial charge in [0.1, 0.15) is 11.6 Å². The first-order valence-electron chi connectivity index (χ1n) is 7.66. The molecule has 2 aromatic heterocycles. The number of likely N-dealkylation sites (tertiary alicyclic amines) is 1. The van der Waals surface area contributed by atoms with E-state index in [0.717, 1.165) is 16.4 Å². The highest BCUT2D eigenvalue weighted by Gasteiger charge is 2.34. The molecule has 3 heterocycles. The van der Waals surface area contributed by atoms with Crippen LogP contribution in [0.25, 0.3) is 5.65 Å². The second-order valence-electron chi connectivity index (χ2n) is 5.73. The van der Waals surface area contributed by atoms with Crippen LogP contribution in [0.5, 0.6) is 0 Å². The summed E-state index contributed by atoms with van der Waals surface area (Å²) in [4.78, 5) is 15.0. The molecule has 1 saturated heterocycles. The molecule has 1 aliphatic heterocycles. The first-order chi connectivity index (χ1) is 11.7. The Hall–Kier alpha value is -2.41. The van der Waals surface area contributed by atoms with Crippen LogP contribution in [-0.4, -0.2) is 44.2 Å². The summed E-state index contributed by atoms with van der Waals surface area (Å²) in [5.41, 5.74) is 0.823. The first kappa shape index (κ1) is 15.1. The van der Waals surface area contributed by atoms with Crippen molar-refractivity contribution in [2.24, 2.45) is 0 Å². The molecule has 0 aliphatic carbocycles. The summed E-state index contributed by atoms with van der Waals surface area (Å²) in [5.74, 6) is 1.31. The van der Waals surface area contributed by atoms with E-state index >= 15 is 0 Å². The van der Waals surface area contributed by atoms with Crippen molar-refractivity contribution in [2.75, 3.05) is 18.8 Å². The molecule has 1 fully saturated rings. The molecule has 122 valence electrons. The van der Waals surface area contributed by atoms with E-state index in [2.05, 4.69) is 10.2 Å². The molecule has 0 radical (unpaired) electrons. The third-order valence-electron chi connectivity index (χ3n) is 4.12. The number of fused-ring (bicyclic) bond motifs is 1. The van der Waals surface area contributed by atoms with E-state index in [-0.39, 0.29) is 17.6 Å². The maximum absolute atomic E-state index is 12.9. The van der Waals surface area contributed by atoms with Gasteiger partial charge in [-0.05, 0) is 36.4 Å². The summed E-state index contributed by atoms with van der Waals surface area (Å²) >= 11 is 1.43. The van der Waals surface area contributed by atoms with Gasteiger partial charge in [-0.1, -0.05) is 6.07 Å². The number of halogens is 1. The Labute approximate surface area is 142 Å². The lowest BCUT2D eigenvalue weighted by Gasteiger charge is -2.38. The smallest absolute Gasteiger partial charge is 0.232 e. The van der Waals surface area contributed by atoms with Crippen LogP contribution in [0, 0.1) is 5.82 Å². The lowest BCUT2D eigenvalue weighted by Crippen LogP contribution is -2.49. The molecule has 5 nitrogen and oxygen atoms in total. The second-order valence-corrected chi connectivity index (χ2v) is 6.77. The maximum atomic E-state index is 12.9. The number of amides is 1. The van der Waals surface area contributed by atoms with E-state index < -0.39 is 0 Å². The number of carbonyl (C=O) groups is 1. The zero-order valence-corrected chi connectivity index (χ0v) is 13.6. The normalized spacial score (nSPS) is 14.8. The van der Waals surface area contributed by atoms with Crippen LogP contribution in [0.1, 0.15) is 11.7 Å². The standard InChI is InChI=1S/C17H15FN4OS/c18-13-4-6-14(7-5-13)24-11-16(23)21-9-12(10-21)17-20-19-15-3-1-2-8-22(15)17/h1-8,12H,9-11H2. The van der Waals surface area contributed by atoms with Crippen molar-refractivity contribution in [3.63, 3.8) is 0 Å². The van der Waals surface area contributed by atoms with E-state index in [4.69, 9.17) is 0 Å². The minimum absolute atomic E-state index is 0.0920. The molecule has 1 amide bonds. The number of thioether (sulfide) groups is 1. The summed E-state index contributed by atoms with van der Waals surface area (Å²) in [7, 11) is 0. The topological polar surface area (TPSA) is 50.5 Å². The summed E-state index contributed by atoms with van der Waals surface area (Å²) in [6.45, 7) is 1.33. The van der Waals surface area contributed by atoms with Crippen molar-refractivity contribution in [3.05, 3.63) is 60.3 Å². The minimum atomic E-state index is -0.267. The molecule has 0 atom stereocenters. The SMILES string of the molecule is O=C(CSc1ccc(F)cc1)N1CC(c2nnc3ccccn23)C1. The molecule has 0 spiro atoms. The van der Waals surface area contributed by atoms with Crippen molar-refractivity contribution in [1.29, 1.82) is 0 Å².